The maximum absolute atomic E-state index is 13.6. The molecule has 0 aliphatic rings. The number of esters is 1. The Morgan fingerprint density at radius 3 is 1.15 bits per heavy atom. The number of phosphoric acid groups is 1. The third kappa shape index (κ3) is 63.4. The van der Waals surface area contributed by atoms with Gasteiger partial charge in [0.2, 0.25) is 5.91 Å². The topological polar surface area (TPSA) is 111 Å². The van der Waals surface area contributed by atoms with Crippen molar-refractivity contribution >= 4 is 19.7 Å². The van der Waals surface area contributed by atoms with Gasteiger partial charge in [-0.25, -0.2) is 4.57 Å². The number of hydrogen-bond donors (Lipinski definition) is 2. The second-order valence-corrected chi connectivity index (χ2v) is 26.1. The first kappa shape index (κ1) is 80.9. The number of quaternary nitrogens is 1. The van der Waals surface area contributed by atoms with Gasteiger partial charge in [-0.3, -0.25) is 18.6 Å². The molecular weight excluding hydrogens is 1060 g/mol. The van der Waals surface area contributed by atoms with Gasteiger partial charge in [0.1, 0.15) is 19.3 Å². The van der Waals surface area contributed by atoms with Crippen molar-refractivity contribution in [2.75, 3.05) is 40.9 Å². The van der Waals surface area contributed by atoms with E-state index in [-0.39, 0.29) is 31.5 Å². The molecule has 0 fully saturated rings. The molecule has 0 rings (SSSR count). The highest BCUT2D eigenvalue weighted by molar-refractivity contribution is 7.47. The number of ether oxygens (including phenoxy) is 1. The molecule has 1 amide bonds. The van der Waals surface area contributed by atoms with E-state index in [0.29, 0.717) is 17.4 Å². The number of nitrogens with zero attached hydrogens (tertiary/aromatic N) is 1. The van der Waals surface area contributed by atoms with Crippen LogP contribution in [0.15, 0.2) is 97.2 Å². The third-order valence-corrected chi connectivity index (χ3v) is 16.2. The number of carbonyl (C=O) groups excluding carboxylic acids is 2. The predicted octanol–water partition coefficient (Wildman–Crippen LogP) is 22.3. The van der Waals surface area contributed by atoms with Crippen LogP contribution in [0.2, 0.25) is 0 Å². The van der Waals surface area contributed by atoms with Gasteiger partial charge in [-0.1, -0.05) is 285 Å². The van der Waals surface area contributed by atoms with Gasteiger partial charge in [-0.2, -0.15) is 0 Å². The first-order valence-corrected chi connectivity index (χ1v) is 36.6. The molecule has 486 valence electrons. The normalized spacial score (nSPS) is 14.1. The summed E-state index contributed by atoms with van der Waals surface area (Å²) >= 11 is 0. The molecule has 0 aliphatic carbocycles. The maximum Gasteiger partial charge on any atom is 0.472 e. The van der Waals surface area contributed by atoms with Gasteiger partial charge < -0.3 is 19.4 Å². The molecule has 10 heteroatoms. The summed E-state index contributed by atoms with van der Waals surface area (Å²) in [5, 5.41) is 3.07. The molecule has 0 saturated carbocycles. The van der Waals surface area contributed by atoms with E-state index in [0.717, 1.165) is 109 Å². The Morgan fingerprint density at radius 1 is 0.429 bits per heavy atom. The fourth-order valence-corrected chi connectivity index (χ4v) is 10.6. The van der Waals surface area contributed by atoms with Crippen molar-refractivity contribution in [2.24, 2.45) is 0 Å². The summed E-state index contributed by atoms with van der Waals surface area (Å²) in [7, 11) is 1.49. The van der Waals surface area contributed by atoms with Crippen molar-refractivity contribution in [3.8, 4) is 0 Å². The van der Waals surface area contributed by atoms with Crippen LogP contribution >= 0.6 is 7.82 Å². The van der Waals surface area contributed by atoms with Gasteiger partial charge in [0.25, 0.3) is 0 Å². The van der Waals surface area contributed by atoms with Gasteiger partial charge in [-0.15, -0.1) is 0 Å². The molecule has 84 heavy (non-hydrogen) atoms. The number of hydrogen-bond acceptors (Lipinski definition) is 6. The van der Waals surface area contributed by atoms with Crippen molar-refractivity contribution in [3.05, 3.63) is 97.2 Å². The fraction of sp³-hybridized carbons (Fsp3) is 0.757. The fourth-order valence-electron chi connectivity index (χ4n) is 9.88. The van der Waals surface area contributed by atoms with E-state index in [1.165, 1.54) is 167 Å². The predicted molar refractivity (Wildman–Crippen MR) is 364 cm³/mol. The minimum atomic E-state index is -4.46. The smallest absolute Gasteiger partial charge is 0.456 e. The molecule has 0 spiro atoms. The zero-order valence-electron chi connectivity index (χ0n) is 55.6. The van der Waals surface area contributed by atoms with Crippen molar-refractivity contribution in [2.45, 2.75) is 322 Å². The van der Waals surface area contributed by atoms with Crippen LogP contribution in [0.4, 0.5) is 0 Å². The van der Waals surface area contributed by atoms with Crippen LogP contribution in [0.25, 0.3) is 0 Å². The summed E-state index contributed by atoms with van der Waals surface area (Å²) in [5.41, 5.74) is 0. The average Bonchev–Trinajstić information content (AvgIpc) is 3.65. The lowest BCUT2D eigenvalue weighted by atomic mass is 10.0. The van der Waals surface area contributed by atoms with Crippen molar-refractivity contribution in [1.29, 1.82) is 0 Å². The van der Waals surface area contributed by atoms with E-state index < -0.39 is 20.0 Å². The highest BCUT2D eigenvalue weighted by Crippen LogP contribution is 2.43. The molecular formula is C74H134N2O7P+. The quantitative estimate of drug-likeness (QED) is 0.0205. The number of allylic oxidation sites excluding steroid dienone is 15. The van der Waals surface area contributed by atoms with E-state index in [4.69, 9.17) is 13.8 Å². The van der Waals surface area contributed by atoms with E-state index in [2.05, 4.69) is 111 Å². The van der Waals surface area contributed by atoms with Gasteiger partial charge in [-0.05, 0) is 109 Å². The molecule has 2 N–H and O–H groups in total. The Kier molecular flexibility index (Phi) is 60.7. The van der Waals surface area contributed by atoms with Crippen LogP contribution in [-0.4, -0.2) is 74.3 Å². The summed E-state index contributed by atoms with van der Waals surface area (Å²) in [6.45, 7) is 6.91. The number of rotatable bonds is 63. The molecule has 0 aliphatic heterocycles. The van der Waals surface area contributed by atoms with Crippen molar-refractivity contribution in [3.63, 3.8) is 0 Å². The Hall–Kier alpha value is -3.07. The SMILES string of the molecule is CC/C=C\C/C=C\C/C=C\C/C=C\C/C=C\C/C=C\CCCCCCCCCCC(=O)OC(/C=C\CCCCCCCCCCCC)C(COP(=O)(O)OCC[N+](C)(C)C)NC(=O)CCCCCCCCCCC/C=C/CCCCCCCC. The minimum absolute atomic E-state index is 0.0353. The van der Waals surface area contributed by atoms with Crippen LogP contribution in [0, 0.1) is 0 Å². The summed E-state index contributed by atoms with van der Waals surface area (Å²) in [6, 6.07) is -0.858. The van der Waals surface area contributed by atoms with Crippen LogP contribution in [0.3, 0.4) is 0 Å². The number of unbranched alkanes of at least 4 members (excludes halogenated alkanes) is 33. The van der Waals surface area contributed by atoms with Crippen LogP contribution in [0.5, 0.6) is 0 Å². The summed E-state index contributed by atoms with van der Waals surface area (Å²) in [4.78, 5) is 37.9. The molecule has 0 saturated heterocycles. The lowest BCUT2D eigenvalue weighted by molar-refractivity contribution is -0.870. The summed E-state index contributed by atoms with van der Waals surface area (Å²) < 4.78 is 30.8. The highest BCUT2D eigenvalue weighted by atomic mass is 31.2. The average molecular weight is 1190 g/mol. The monoisotopic (exact) mass is 1190 g/mol. The Morgan fingerprint density at radius 2 is 0.762 bits per heavy atom. The third-order valence-electron chi connectivity index (χ3n) is 15.3. The molecule has 0 aromatic rings. The van der Waals surface area contributed by atoms with Crippen molar-refractivity contribution in [1.82, 2.24) is 5.32 Å². The van der Waals surface area contributed by atoms with E-state index in [1.54, 1.807) is 0 Å². The number of phosphoric ester groups is 1. The Bertz CT molecular complexity index is 1760. The van der Waals surface area contributed by atoms with Gasteiger partial charge in [0, 0.05) is 12.8 Å². The summed E-state index contributed by atoms with van der Waals surface area (Å²) in [5.74, 6) is -0.513. The maximum atomic E-state index is 13.6. The van der Waals surface area contributed by atoms with E-state index in [9.17, 15) is 19.0 Å². The van der Waals surface area contributed by atoms with Gasteiger partial charge in [0.05, 0.1) is 33.8 Å². The molecule has 0 aromatic carbocycles. The van der Waals surface area contributed by atoms with E-state index >= 15 is 0 Å². The summed E-state index contributed by atoms with van der Waals surface area (Å²) in [6.07, 6.45) is 85.5. The van der Waals surface area contributed by atoms with Gasteiger partial charge >= 0.3 is 13.8 Å². The number of nitrogens with one attached hydrogen (secondary N) is 1. The zero-order valence-corrected chi connectivity index (χ0v) is 56.5. The van der Waals surface area contributed by atoms with Crippen LogP contribution in [0.1, 0.15) is 310 Å². The molecule has 0 bridgehead atoms. The Balaban J connectivity index is 5.10. The molecule has 0 radical (unpaired) electrons. The second-order valence-electron chi connectivity index (χ2n) is 24.7. The van der Waals surface area contributed by atoms with Gasteiger partial charge in [0.15, 0.2) is 0 Å². The number of carbonyl (C=O) groups is 2. The number of likely N-dealkylation sites (N-methyl/N-ethyl adjacent to an activating group) is 1. The molecule has 0 aromatic heterocycles. The lowest BCUT2D eigenvalue weighted by Crippen LogP contribution is -2.47. The van der Waals surface area contributed by atoms with Crippen LogP contribution in [-0.2, 0) is 27.9 Å². The molecule has 3 atom stereocenters. The first-order chi connectivity index (χ1) is 40.9. The minimum Gasteiger partial charge on any atom is -0.456 e. The molecule has 3 unspecified atom stereocenters. The first-order valence-electron chi connectivity index (χ1n) is 35.1. The standard InChI is InChI=1S/C74H133N2O7P/c1-7-10-13-16-19-22-25-28-30-32-34-35-36-37-38-39-40-41-43-45-47-49-52-55-58-61-64-67-74(78)83-72(65-62-59-56-53-50-27-24-21-18-15-12-9-3)71(70-82-84(79,80)81-69-68-76(4,5)6)75-73(77)66-63-60-57-54-51-48-46-44-42-33-31-29-26-23-20-17-14-11-8-2/h10,13,19,22,28-31,34-35,37-38,40-41,62,65,71-72H,7-9,11-12,14-18,20-21,23-27,32-33,36,39,42-61,63-64,66-70H2,1-6H3,(H-,75,77,79,80)/p+1/b13-10-,22-19-,30-28-,31-29+,35-34-,38-37-,41-40-,65-62-. The molecule has 0 heterocycles. The number of amides is 1. The Labute approximate surface area is 519 Å². The lowest BCUT2D eigenvalue weighted by Gasteiger charge is -2.27. The molecule has 9 nitrogen and oxygen atoms in total. The van der Waals surface area contributed by atoms with E-state index in [1.807, 2.05) is 33.3 Å². The zero-order chi connectivity index (χ0) is 61.4. The largest absolute Gasteiger partial charge is 0.472 e. The van der Waals surface area contributed by atoms with Crippen LogP contribution < -0.4 is 5.32 Å². The second kappa shape index (κ2) is 63.0. The van der Waals surface area contributed by atoms with Crippen molar-refractivity contribution < 1.29 is 37.3 Å². The highest BCUT2D eigenvalue weighted by Gasteiger charge is 2.30.